The average molecular weight is 273 g/mol. The van der Waals surface area contributed by atoms with Gasteiger partial charge in [-0.05, 0) is 44.5 Å². The van der Waals surface area contributed by atoms with Gasteiger partial charge in [-0.2, -0.15) is 0 Å². The largest absolute Gasteiger partial charge is 0.440 e. The second-order valence-electron chi connectivity index (χ2n) is 5.76. The van der Waals surface area contributed by atoms with Gasteiger partial charge in [-0.3, -0.25) is 0 Å². The number of hydrogen-bond donors (Lipinski definition) is 1. The first-order chi connectivity index (χ1) is 9.76. The van der Waals surface area contributed by atoms with E-state index in [0.29, 0.717) is 12.0 Å². The van der Waals surface area contributed by atoms with Crippen LogP contribution in [0.15, 0.2) is 28.7 Å². The second-order valence-corrected chi connectivity index (χ2v) is 5.76. The van der Waals surface area contributed by atoms with Gasteiger partial charge in [0, 0.05) is 18.5 Å². The van der Waals surface area contributed by atoms with Crippen LogP contribution in [0.1, 0.15) is 38.0 Å². The first kappa shape index (κ1) is 13.6. The van der Waals surface area contributed by atoms with Crippen LogP contribution in [0, 0.1) is 0 Å². The van der Waals surface area contributed by atoms with Gasteiger partial charge in [-0.15, -0.1) is 0 Å². The summed E-state index contributed by atoms with van der Waals surface area (Å²) < 4.78 is 5.89. The fourth-order valence-corrected chi connectivity index (χ4v) is 2.89. The SMILES string of the molecule is CCC(N)CN1CCC(c2nc3ccccc3o2)CC1. The Kier molecular flexibility index (Phi) is 4.03. The molecule has 0 radical (unpaired) electrons. The lowest BCUT2D eigenvalue weighted by molar-refractivity contribution is 0.190. The van der Waals surface area contributed by atoms with Crippen LogP contribution in [0.25, 0.3) is 11.1 Å². The monoisotopic (exact) mass is 273 g/mol. The van der Waals surface area contributed by atoms with E-state index in [1.165, 1.54) is 0 Å². The van der Waals surface area contributed by atoms with Crippen molar-refractivity contribution < 1.29 is 4.42 Å². The van der Waals surface area contributed by atoms with Crippen molar-refractivity contribution in [1.82, 2.24) is 9.88 Å². The molecule has 1 aromatic heterocycles. The summed E-state index contributed by atoms with van der Waals surface area (Å²) in [6, 6.07) is 8.30. The summed E-state index contributed by atoms with van der Waals surface area (Å²) in [6.45, 7) is 5.35. The quantitative estimate of drug-likeness (QED) is 0.930. The van der Waals surface area contributed by atoms with Crippen molar-refractivity contribution in [3.63, 3.8) is 0 Å². The lowest BCUT2D eigenvalue weighted by Gasteiger charge is -2.32. The van der Waals surface area contributed by atoms with E-state index in [2.05, 4.69) is 16.8 Å². The highest BCUT2D eigenvalue weighted by atomic mass is 16.3. The second kappa shape index (κ2) is 5.94. The normalized spacial score (nSPS) is 19.5. The number of aromatic nitrogens is 1. The van der Waals surface area contributed by atoms with Crippen molar-refractivity contribution >= 4 is 11.1 Å². The highest BCUT2D eigenvalue weighted by molar-refractivity contribution is 5.72. The van der Waals surface area contributed by atoms with Crippen molar-refractivity contribution in [2.75, 3.05) is 19.6 Å². The summed E-state index contributed by atoms with van der Waals surface area (Å²) in [5, 5.41) is 0. The number of nitrogens with zero attached hydrogens (tertiary/aromatic N) is 2. The number of likely N-dealkylation sites (tertiary alicyclic amines) is 1. The minimum absolute atomic E-state index is 0.302. The van der Waals surface area contributed by atoms with Crippen molar-refractivity contribution in [3.8, 4) is 0 Å². The fourth-order valence-electron chi connectivity index (χ4n) is 2.89. The molecule has 1 atom stereocenters. The predicted octanol–water partition coefficient (Wildman–Crippen LogP) is 2.74. The molecule has 2 N–H and O–H groups in total. The molecular weight excluding hydrogens is 250 g/mol. The summed E-state index contributed by atoms with van der Waals surface area (Å²) in [5.41, 5.74) is 7.90. The summed E-state index contributed by atoms with van der Waals surface area (Å²) in [7, 11) is 0. The van der Waals surface area contributed by atoms with E-state index < -0.39 is 0 Å². The Hall–Kier alpha value is -1.39. The van der Waals surface area contributed by atoms with Gasteiger partial charge in [0.15, 0.2) is 11.5 Å². The lowest BCUT2D eigenvalue weighted by atomic mass is 9.96. The number of fused-ring (bicyclic) bond motifs is 1. The van der Waals surface area contributed by atoms with Crippen LogP contribution in [-0.4, -0.2) is 35.6 Å². The standard InChI is InChI=1S/C16H23N3O/c1-2-13(17)11-19-9-7-12(8-10-19)16-18-14-5-3-4-6-15(14)20-16/h3-6,12-13H,2,7-11,17H2,1H3. The van der Waals surface area contributed by atoms with E-state index >= 15 is 0 Å². The Morgan fingerprint density at radius 3 is 2.80 bits per heavy atom. The summed E-state index contributed by atoms with van der Waals surface area (Å²) >= 11 is 0. The zero-order chi connectivity index (χ0) is 13.9. The summed E-state index contributed by atoms with van der Waals surface area (Å²) in [6.07, 6.45) is 3.28. The smallest absolute Gasteiger partial charge is 0.198 e. The van der Waals surface area contributed by atoms with Crippen LogP contribution in [0.3, 0.4) is 0 Å². The van der Waals surface area contributed by atoms with Gasteiger partial charge < -0.3 is 15.1 Å². The Labute approximate surface area is 120 Å². The van der Waals surface area contributed by atoms with E-state index in [-0.39, 0.29) is 0 Å². The summed E-state index contributed by atoms with van der Waals surface area (Å²) in [4.78, 5) is 7.09. The molecule has 4 heteroatoms. The molecule has 20 heavy (non-hydrogen) atoms. The fraction of sp³-hybridized carbons (Fsp3) is 0.562. The van der Waals surface area contributed by atoms with Gasteiger partial charge in [-0.1, -0.05) is 19.1 Å². The molecule has 1 aromatic carbocycles. The molecule has 1 aliphatic heterocycles. The van der Waals surface area contributed by atoms with Crippen molar-refractivity contribution in [1.29, 1.82) is 0 Å². The van der Waals surface area contributed by atoms with Gasteiger partial charge in [0.2, 0.25) is 0 Å². The zero-order valence-corrected chi connectivity index (χ0v) is 12.1. The van der Waals surface area contributed by atoms with E-state index in [4.69, 9.17) is 10.2 Å². The summed E-state index contributed by atoms with van der Waals surface area (Å²) in [5.74, 6) is 1.36. The molecule has 2 aromatic rings. The molecule has 0 spiro atoms. The highest BCUT2D eigenvalue weighted by Crippen LogP contribution is 2.29. The molecule has 1 unspecified atom stereocenters. The number of rotatable bonds is 4. The molecule has 4 nitrogen and oxygen atoms in total. The number of nitrogens with two attached hydrogens (primary N) is 1. The van der Waals surface area contributed by atoms with Crippen molar-refractivity contribution in [3.05, 3.63) is 30.2 Å². The van der Waals surface area contributed by atoms with Gasteiger partial charge in [0.05, 0.1) is 0 Å². The van der Waals surface area contributed by atoms with Crippen LogP contribution in [0.4, 0.5) is 0 Å². The van der Waals surface area contributed by atoms with Gasteiger partial charge >= 0.3 is 0 Å². The maximum absolute atomic E-state index is 6.03. The molecule has 3 rings (SSSR count). The molecule has 1 fully saturated rings. The third kappa shape index (κ3) is 2.86. The molecule has 1 aliphatic rings. The number of piperidine rings is 1. The molecule has 2 heterocycles. The Balaban J connectivity index is 1.63. The van der Waals surface area contributed by atoms with Crippen LogP contribution < -0.4 is 5.73 Å². The van der Waals surface area contributed by atoms with Crippen LogP contribution in [0.2, 0.25) is 0 Å². The molecular formula is C16H23N3O. The predicted molar refractivity (Wildman–Crippen MR) is 80.7 cm³/mol. The molecule has 0 amide bonds. The maximum atomic E-state index is 6.03. The minimum Gasteiger partial charge on any atom is -0.440 e. The Morgan fingerprint density at radius 2 is 2.10 bits per heavy atom. The minimum atomic E-state index is 0.302. The zero-order valence-electron chi connectivity index (χ0n) is 12.1. The number of benzene rings is 1. The number of para-hydroxylation sites is 2. The average Bonchev–Trinajstić information content (AvgIpc) is 2.91. The van der Waals surface area contributed by atoms with Gasteiger partial charge in [0.1, 0.15) is 5.52 Å². The lowest BCUT2D eigenvalue weighted by Crippen LogP contribution is -2.41. The molecule has 108 valence electrons. The van der Waals surface area contributed by atoms with E-state index in [1.807, 2.05) is 24.3 Å². The maximum Gasteiger partial charge on any atom is 0.198 e. The van der Waals surface area contributed by atoms with E-state index in [1.54, 1.807) is 0 Å². The van der Waals surface area contributed by atoms with Crippen molar-refractivity contribution in [2.24, 2.45) is 5.73 Å². The van der Waals surface area contributed by atoms with E-state index in [9.17, 15) is 0 Å². The highest BCUT2D eigenvalue weighted by Gasteiger charge is 2.25. The molecule has 0 saturated carbocycles. The first-order valence-corrected chi connectivity index (χ1v) is 7.59. The molecule has 0 aliphatic carbocycles. The number of oxazole rings is 1. The third-order valence-electron chi connectivity index (χ3n) is 4.26. The van der Waals surface area contributed by atoms with Crippen molar-refractivity contribution in [2.45, 2.75) is 38.1 Å². The van der Waals surface area contributed by atoms with Gasteiger partial charge in [-0.25, -0.2) is 4.98 Å². The van der Waals surface area contributed by atoms with Crippen LogP contribution in [-0.2, 0) is 0 Å². The van der Waals surface area contributed by atoms with Gasteiger partial charge in [0.25, 0.3) is 0 Å². The molecule has 0 bridgehead atoms. The molecule has 1 saturated heterocycles. The van der Waals surface area contributed by atoms with E-state index in [0.717, 1.165) is 55.9 Å². The number of hydrogen-bond acceptors (Lipinski definition) is 4. The Bertz CT molecular complexity index is 525. The third-order valence-corrected chi connectivity index (χ3v) is 4.26. The van der Waals surface area contributed by atoms with Crippen LogP contribution in [0.5, 0.6) is 0 Å². The topological polar surface area (TPSA) is 55.3 Å². The first-order valence-electron chi connectivity index (χ1n) is 7.59. The Morgan fingerprint density at radius 1 is 1.35 bits per heavy atom. The van der Waals surface area contributed by atoms with Crippen LogP contribution >= 0.6 is 0 Å².